The summed E-state index contributed by atoms with van der Waals surface area (Å²) in [5, 5.41) is 17.7. The highest BCUT2D eigenvalue weighted by Crippen LogP contribution is 2.19. The number of hydrogen-bond acceptors (Lipinski definition) is 3. The van der Waals surface area contributed by atoms with Crippen molar-refractivity contribution in [3.05, 3.63) is 52.8 Å². The smallest absolute Gasteiger partial charge is 0.255 e. The highest BCUT2D eigenvalue weighted by atomic mass is 16.3. The van der Waals surface area contributed by atoms with Crippen molar-refractivity contribution in [2.45, 2.75) is 59.2 Å². The van der Waals surface area contributed by atoms with E-state index in [1.54, 1.807) is 0 Å². The Labute approximate surface area is 143 Å². The molecule has 2 N–H and O–H groups in total. The Morgan fingerprint density at radius 1 is 1.29 bits per heavy atom. The van der Waals surface area contributed by atoms with E-state index in [-0.39, 0.29) is 11.9 Å². The quantitative estimate of drug-likeness (QED) is 0.820. The molecule has 5 nitrogen and oxygen atoms in total. The zero-order valence-corrected chi connectivity index (χ0v) is 14.9. The number of aromatic nitrogens is 2. The predicted molar refractivity (Wildman–Crippen MR) is 94.9 cm³/mol. The fourth-order valence-corrected chi connectivity index (χ4v) is 2.96. The third kappa shape index (κ3) is 4.23. The van der Waals surface area contributed by atoms with Gasteiger partial charge in [0.25, 0.3) is 5.91 Å². The predicted octanol–water partition coefficient (Wildman–Crippen LogP) is 3.15. The van der Waals surface area contributed by atoms with E-state index in [2.05, 4.69) is 17.3 Å². The first-order chi connectivity index (χ1) is 11.4. The molecule has 0 saturated heterocycles. The summed E-state index contributed by atoms with van der Waals surface area (Å²) in [6.07, 6.45) is 0.853. The van der Waals surface area contributed by atoms with Crippen LogP contribution < -0.4 is 5.32 Å². The van der Waals surface area contributed by atoms with Gasteiger partial charge in [-0.1, -0.05) is 37.3 Å². The number of carbonyl (C=O) groups is 1. The summed E-state index contributed by atoms with van der Waals surface area (Å²) in [4.78, 5) is 12.6. The molecule has 0 fully saturated rings. The van der Waals surface area contributed by atoms with Gasteiger partial charge in [-0.05, 0) is 39.2 Å². The second-order valence-electron chi connectivity index (χ2n) is 6.31. The average molecular weight is 329 g/mol. The monoisotopic (exact) mass is 329 g/mol. The molecular formula is C19H27N3O2. The number of rotatable bonds is 7. The van der Waals surface area contributed by atoms with Crippen LogP contribution in [0.5, 0.6) is 0 Å². The molecule has 2 atom stereocenters. The lowest BCUT2D eigenvalue weighted by Crippen LogP contribution is -2.34. The zero-order valence-electron chi connectivity index (χ0n) is 14.9. The molecule has 0 radical (unpaired) electrons. The number of nitrogens with zero attached hydrogens (tertiary/aromatic N) is 2. The molecule has 0 bridgehead atoms. The Morgan fingerprint density at radius 3 is 2.58 bits per heavy atom. The molecule has 1 heterocycles. The molecule has 24 heavy (non-hydrogen) atoms. The summed E-state index contributed by atoms with van der Waals surface area (Å²) in [6.45, 7) is 8.59. The molecule has 1 aromatic carbocycles. The lowest BCUT2D eigenvalue weighted by molar-refractivity contribution is 0.0915. The van der Waals surface area contributed by atoms with Gasteiger partial charge in [-0.25, -0.2) is 0 Å². The van der Waals surface area contributed by atoms with Gasteiger partial charge in [0.15, 0.2) is 0 Å². The van der Waals surface area contributed by atoms with Gasteiger partial charge in [-0.15, -0.1) is 0 Å². The van der Waals surface area contributed by atoms with Gasteiger partial charge >= 0.3 is 0 Å². The lowest BCUT2D eigenvalue weighted by atomic mass is 10.0. The Bertz CT molecular complexity index is 679. The van der Waals surface area contributed by atoms with Crippen LogP contribution in [0.1, 0.15) is 60.1 Å². The summed E-state index contributed by atoms with van der Waals surface area (Å²) in [5.41, 5.74) is 3.14. The molecule has 5 heteroatoms. The molecule has 0 saturated carbocycles. The molecule has 2 rings (SSSR count). The second kappa shape index (κ2) is 8.11. The number of benzene rings is 1. The fourth-order valence-electron chi connectivity index (χ4n) is 2.96. The minimum atomic E-state index is -0.591. The summed E-state index contributed by atoms with van der Waals surface area (Å²) < 4.78 is 1.88. The minimum absolute atomic E-state index is 0.125. The van der Waals surface area contributed by atoms with Crippen molar-refractivity contribution in [1.82, 2.24) is 15.1 Å². The number of amides is 1. The fraction of sp³-hybridized carbons (Fsp3) is 0.474. The summed E-state index contributed by atoms with van der Waals surface area (Å²) in [7, 11) is 0. The Kier molecular flexibility index (Phi) is 6.15. The Hall–Kier alpha value is -2.14. The topological polar surface area (TPSA) is 67.2 Å². The SMILES string of the molecule is CCCn1nc(C)c(C(=O)NC(C)CC(O)c2ccccc2)c1C. The van der Waals surface area contributed by atoms with Crippen LogP contribution in [-0.2, 0) is 6.54 Å². The van der Waals surface area contributed by atoms with E-state index in [0.29, 0.717) is 12.0 Å². The number of aliphatic hydroxyl groups is 1. The van der Waals surface area contributed by atoms with Crippen molar-refractivity contribution in [1.29, 1.82) is 0 Å². The first kappa shape index (κ1) is 18.2. The molecule has 130 valence electrons. The van der Waals surface area contributed by atoms with Crippen molar-refractivity contribution in [3.8, 4) is 0 Å². The third-order valence-electron chi connectivity index (χ3n) is 4.18. The molecule has 2 unspecified atom stereocenters. The van der Waals surface area contributed by atoms with Gasteiger partial charge in [0.1, 0.15) is 0 Å². The van der Waals surface area contributed by atoms with Gasteiger partial charge in [0, 0.05) is 18.3 Å². The standard InChI is InChI=1S/C19H27N3O2/c1-5-11-22-15(4)18(14(3)21-22)19(24)20-13(2)12-17(23)16-9-7-6-8-10-16/h6-10,13,17,23H,5,11-12H2,1-4H3,(H,20,24). The van der Waals surface area contributed by atoms with Crippen LogP contribution in [0.3, 0.4) is 0 Å². The van der Waals surface area contributed by atoms with Gasteiger partial charge in [-0.3, -0.25) is 9.48 Å². The molecule has 2 aromatic rings. The molecule has 0 aliphatic heterocycles. The van der Waals surface area contributed by atoms with Crippen LogP contribution in [0.15, 0.2) is 30.3 Å². The number of carbonyl (C=O) groups excluding carboxylic acids is 1. The first-order valence-corrected chi connectivity index (χ1v) is 8.51. The molecule has 0 aliphatic carbocycles. The number of nitrogens with one attached hydrogen (secondary N) is 1. The maximum absolute atomic E-state index is 12.6. The van der Waals surface area contributed by atoms with Crippen molar-refractivity contribution in [2.75, 3.05) is 0 Å². The highest BCUT2D eigenvalue weighted by Gasteiger charge is 2.21. The maximum atomic E-state index is 12.6. The van der Waals surface area contributed by atoms with Crippen molar-refractivity contribution < 1.29 is 9.90 Å². The van der Waals surface area contributed by atoms with E-state index >= 15 is 0 Å². The Balaban J connectivity index is 2.01. The van der Waals surface area contributed by atoms with Crippen molar-refractivity contribution >= 4 is 5.91 Å². The van der Waals surface area contributed by atoms with Crippen LogP contribution in [0.2, 0.25) is 0 Å². The van der Waals surface area contributed by atoms with Gasteiger partial charge in [0.05, 0.1) is 17.4 Å². The van der Waals surface area contributed by atoms with E-state index in [9.17, 15) is 9.90 Å². The van der Waals surface area contributed by atoms with Crippen LogP contribution in [0.25, 0.3) is 0 Å². The number of aryl methyl sites for hydroxylation is 2. The van der Waals surface area contributed by atoms with Crippen molar-refractivity contribution in [3.63, 3.8) is 0 Å². The number of hydrogen-bond donors (Lipinski definition) is 2. The van der Waals surface area contributed by atoms with E-state index in [0.717, 1.165) is 29.9 Å². The highest BCUT2D eigenvalue weighted by molar-refractivity contribution is 5.96. The maximum Gasteiger partial charge on any atom is 0.255 e. The number of aliphatic hydroxyl groups excluding tert-OH is 1. The minimum Gasteiger partial charge on any atom is -0.388 e. The van der Waals surface area contributed by atoms with Gasteiger partial charge in [-0.2, -0.15) is 5.10 Å². The third-order valence-corrected chi connectivity index (χ3v) is 4.18. The normalized spacial score (nSPS) is 13.5. The van der Waals surface area contributed by atoms with Crippen LogP contribution in [0.4, 0.5) is 0 Å². The van der Waals surface area contributed by atoms with E-state index in [1.807, 2.05) is 55.8 Å². The zero-order chi connectivity index (χ0) is 17.7. The summed E-state index contributed by atoms with van der Waals surface area (Å²) in [6, 6.07) is 9.36. The summed E-state index contributed by atoms with van der Waals surface area (Å²) >= 11 is 0. The van der Waals surface area contributed by atoms with E-state index < -0.39 is 6.10 Å². The van der Waals surface area contributed by atoms with E-state index in [1.165, 1.54) is 0 Å². The lowest BCUT2D eigenvalue weighted by Gasteiger charge is -2.18. The Morgan fingerprint density at radius 2 is 1.96 bits per heavy atom. The van der Waals surface area contributed by atoms with Crippen molar-refractivity contribution in [2.24, 2.45) is 0 Å². The van der Waals surface area contributed by atoms with E-state index in [4.69, 9.17) is 0 Å². The molecule has 0 spiro atoms. The second-order valence-corrected chi connectivity index (χ2v) is 6.31. The van der Waals surface area contributed by atoms with Crippen LogP contribution >= 0.6 is 0 Å². The first-order valence-electron chi connectivity index (χ1n) is 8.51. The summed E-state index contributed by atoms with van der Waals surface area (Å²) in [5.74, 6) is -0.125. The van der Waals surface area contributed by atoms with Crippen LogP contribution in [-0.4, -0.2) is 26.8 Å². The largest absolute Gasteiger partial charge is 0.388 e. The van der Waals surface area contributed by atoms with Gasteiger partial charge in [0.2, 0.25) is 0 Å². The molecule has 1 amide bonds. The van der Waals surface area contributed by atoms with Gasteiger partial charge < -0.3 is 10.4 Å². The molecule has 0 aliphatic rings. The average Bonchev–Trinajstić information content (AvgIpc) is 2.82. The molecular weight excluding hydrogens is 302 g/mol. The molecule has 1 aromatic heterocycles. The van der Waals surface area contributed by atoms with Crippen LogP contribution in [0, 0.1) is 13.8 Å².